The van der Waals surface area contributed by atoms with E-state index in [1.54, 1.807) is 13.0 Å². The monoisotopic (exact) mass is 311 g/mol. The predicted octanol–water partition coefficient (Wildman–Crippen LogP) is 2.98. The molecule has 2 amide bonds. The Bertz CT molecular complexity index is 444. The van der Waals surface area contributed by atoms with Crippen molar-refractivity contribution in [3.05, 3.63) is 11.6 Å². The lowest BCUT2D eigenvalue weighted by atomic mass is 9.90. The number of cyclic esters (lactones) is 1. The summed E-state index contributed by atoms with van der Waals surface area (Å²) >= 11 is 0. The Labute approximate surface area is 133 Å². The fourth-order valence-electron chi connectivity index (χ4n) is 2.67. The van der Waals surface area contributed by atoms with Gasteiger partial charge in [-0.25, -0.2) is 9.69 Å². The highest BCUT2D eigenvalue weighted by molar-refractivity contribution is 6.03. The third kappa shape index (κ3) is 4.09. The molecule has 0 saturated carbocycles. The van der Waals surface area contributed by atoms with Gasteiger partial charge < -0.3 is 9.84 Å². The fraction of sp³-hybridized carbons (Fsp3) is 0.765. The summed E-state index contributed by atoms with van der Waals surface area (Å²) in [6.45, 7) is 11.7. The van der Waals surface area contributed by atoms with Crippen LogP contribution in [0.4, 0.5) is 4.79 Å². The van der Waals surface area contributed by atoms with Gasteiger partial charge in [0.2, 0.25) is 0 Å². The van der Waals surface area contributed by atoms with Crippen molar-refractivity contribution in [1.29, 1.82) is 0 Å². The lowest BCUT2D eigenvalue weighted by Crippen LogP contribution is -2.42. The van der Waals surface area contributed by atoms with Crippen LogP contribution in [0.15, 0.2) is 11.6 Å². The quantitative estimate of drug-likeness (QED) is 0.766. The number of hydrogen-bond acceptors (Lipinski definition) is 4. The number of imide groups is 1. The smallest absolute Gasteiger partial charge is 0.417 e. The molecule has 0 bridgehead atoms. The summed E-state index contributed by atoms with van der Waals surface area (Å²) in [7, 11) is 0. The molecule has 0 radical (unpaired) electrons. The fourth-order valence-corrected chi connectivity index (χ4v) is 2.67. The molecular weight excluding hydrogens is 282 g/mol. The van der Waals surface area contributed by atoms with Gasteiger partial charge in [-0.15, -0.1) is 0 Å². The van der Waals surface area contributed by atoms with Gasteiger partial charge in [-0.1, -0.05) is 47.1 Å². The predicted molar refractivity (Wildman–Crippen MR) is 85.2 cm³/mol. The Morgan fingerprint density at radius 1 is 1.41 bits per heavy atom. The first kappa shape index (κ1) is 18.7. The van der Waals surface area contributed by atoms with Crippen LogP contribution in [0.5, 0.6) is 0 Å². The minimum atomic E-state index is -0.577. The lowest BCUT2D eigenvalue weighted by molar-refractivity contribution is -0.125. The van der Waals surface area contributed by atoms with E-state index in [9.17, 15) is 14.7 Å². The molecule has 1 aliphatic rings. The van der Waals surface area contributed by atoms with E-state index in [2.05, 4.69) is 0 Å². The Balaban J connectivity index is 2.87. The molecule has 1 fully saturated rings. The Hall–Kier alpha value is -1.36. The summed E-state index contributed by atoms with van der Waals surface area (Å²) in [5.41, 5.74) is 0.472. The number of aliphatic hydroxyl groups is 1. The molecule has 22 heavy (non-hydrogen) atoms. The normalized spacial score (nSPS) is 23.5. The van der Waals surface area contributed by atoms with Crippen LogP contribution < -0.4 is 0 Å². The molecular formula is C17H29NO4. The molecule has 1 saturated heterocycles. The Morgan fingerprint density at radius 3 is 2.50 bits per heavy atom. The molecule has 1 N–H and O–H groups in total. The van der Waals surface area contributed by atoms with Gasteiger partial charge in [0, 0.05) is 11.5 Å². The van der Waals surface area contributed by atoms with Crippen molar-refractivity contribution in [3.63, 3.8) is 0 Å². The van der Waals surface area contributed by atoms with E-state index in [1.807, 2.05) is 34.6 Å². The highest BCUT2D eigenvalue weighted by Crippen LogP contribution is 2.23. The molecule has 0 aromatic heterocycles. The van der Waals surface area contributed by atoms with Gasteiger partial charge in [0.15, 0.2) is 0 Å². The standard InChI is InChI=1S/C17H29NO4/c1-7-11(4)15(19)12(5)8-13(6)16(20)18-14(10(2)3)9-22-17(18)21/h8,10-12,14-15,19H,7,9H2,1-6H3/b13-8+/t11-,12+,14-,15-/m1/s1. The zero-order valence-electron chi connectivity index (χ0n) is 14.5. The van der Waals surface area contributed by atoms with Crippen LogP contribution in [0, 0.1) is 17.8 Å². The maximum atomic E-state index is 12.5. The zero-order chi connectivity index (χ0) is 17.0. The molecule has 1 rings (SSSR count). The van der Waals surface area contributed by atoms with Gasteiger partial charge in [-0.2, -0.15) is 0 Å². The molecule has 5 heteroatoms. The van der Waals surface area contributed by atoms with Crippen LogP contribution >= 0.6 is 0 Å². The lowest BCUT2D eigenvalue weighted by Gasteiger charge is -2.25. The van der Waals surface area contributed by atoms with Crippen molar-refractivity contribution in [2.45, 2.75) is 60.1 Å². The molecule has 0 spiro atoms. The van der Waals surface area contributed by atoms with E-state index in [1.165, 1.54) is 4.90 Å². The average Bonchev–Trinajstić information content (AvgIpc) is 2.86. The number of carbonyl (C=O) groups excluding carboxylic acids is 2. The van der Waals surface area contributed by atoms with E-state index in [4.69, 9.17) is 4.74 Å². The second-order valence-corrected chi connectivity index (χ2v) is 6.65. The van der Waals surface area contributed by atoms with E-state index >= 15 is 0 Å². The molecule has 1 aliphatic heterocycles. The van der Waals surface area contributed by atoms with Gasteiger partial charge in [-0.3, -0.25) is 4.79 Å². The molecule has 4 atom stereocenters. The highest BCUT2D eigenvalue weighted by atomic mass is 16.6. The van der Waals surface area contributed by atoms with Gasteiger partial charge in [0.1, 0.15) is 6.61 Å². The summed E-state index contributed by atoms with van der Waals surface area (Å²) in [6.07, 6.45) is 1.55. The van der Waals surface area contributed by atoms with E-state index < -0.39 is 12.2 Å². The second kappa shape index (κ2) is 7.77. The maximum absolute atomic E-state index is 12.5. The molecule has 0 aromatic rings. The van der Waals surface area contributed by atoms with Crippen molar-refractivity contribution in [2.24, 2.45) is 17.8 Å². The number of rotatable bonds is 6. The van der Waals surface area contributed by atoms with E-state index in [0.717, 1.165) is 6.42 Å². The second-order valence-electron chi connectivity index (χ2n) is 6.65. The summed E-state index contributed by atoms with van der Waals surface area (Å²) in [5.74, 6) is -0.167. The van der Waals surface area contributed by atoms with Gasteiger partial charge in [0.25, 0.3) is 5.91 Å². The first-order chi connectivity index (χ1) is 10.2. The van der Waals surface area contributed by atoms with Crippen molar-refractivity contribution < 1.29 is 19.4 Å². The van der Waals surface area contributed by atoms with E-state index in [-0.39, 0.29) is 36.3 Å². The first-order valence-electron chi connectivity index (χ1n) is 8.07. The minimum absolute atomic E-state index is 0.143. The summed E-state index contributed by atoms with van der Waals surface area (Å²) in [5, 5.41) is 10.2. The Kier molecular flexibility index (Phi) is 6.60. The molecule has 126 valence electrons. The van der Waals surface area contributed by atoms with Gasteiger partial charge in [-0.05, 0) is 18.8 Å². The van der Waals surface area contributed by atoms with Gasteiger partial charge >= 0.3 is 6.09 Å². The zero-order valence-corrected chi connectivity index (χ0v) is 14.5. The van der Waals surface area contributed by atoms with Crippen LogP contribution in [-0.2, 0) is 9.53 Å². The van der Waals surface area contributed by atoms with E-state index in [0.29, 0.717) is 5.57 Å². The number of amides is 2. The average molecular weight is 311 g/mol. The van der Waals surface area contributed by atoms with Crippen LogP contribution in [0.3, 0.4) is 0 Å². The number of ether oxygens (including phenoxy) is 1. The topological polar surface area (TPSA) is 66.8 Å². The minimum Gasteiger partial charge on any atom is -0.447 e. The number of carbonyl (C=O) groups is 2. The highest BCUT2D eigenvalue weighted by Gasteiger charge is 2.40. The summed E-state index contributed by atoms with van der Waals surface area (Å²) < 4.78 is 5.01. The molecule has 1 heterocycles. The largest absolute Gasteiger partial charge is 0.447 e. The van der Waals surface area contributed by atoms with Crippen molar-refractivity contribution in [3.8, 4) is 0 Å². The number of hydrogen-bond donors (Lipinski definition) is 1. The van der Waals surface area contributed by atoms with Crippen LogP contribution in [0.1, 0.15) is 48.0 Å². The summed E-state index contributed by atoms with van der Waals surface area (Å²) in [4.78, 5) is 25.6. The third-order valence-corrected chi connectivity index (χ3v) is 4.51. The third-order valence-electron chi connectivity index (χ3n) is 4.51. The maximum Gasteiger partial charge on any atom is 0.417 e. The van der Waals surface area contributed by atoms with Crippen LogP contribution in [-0.4, -0.2) is 40.8 Å². The van der Waals surface area contributed by atoms with Crippen LogP contribution in [0.2, 0.25) is 0 Å². The number of nitrogens with zero attached hydrogens (tertiary/aromatic N) is 1. The van der Waals surface area contributed by atoms with Crippen molar-refractivity contribution in [1.82, 2.24) is 4.90 Å². The first-order valence-corrected chi connectivity index (χ1v) is 8.07. The van der Waals surface area contributed by atoms with Gasteiger partial charge in [0.05, 0.1) is 12.1 Å². The number of aliphatic hydroxyl groups excluding tert-OH is 1. The molecule has 0 aromatic carbocycles. The Morgan fingerprint density at radius 2 is 2.00 bits per heavy atom. The van der Waals surface area contributed by atoms with Crippen LogP contribution in [0.25, 0.3) is 0 Å². The molecule has 0 unspecified atom stereocenters. The molecule has 5 nitrogen and oxygen atoms in total. The SMILES string of the molecule is CC[C@@H](C)[C@@H](O)[C@@H](C)/C=C(\C)C(=O)N1C(=O)OC[C@@H]1C(C)C. The summed E-state index contributed by atoms with van der Waals surface area (Å²) in [6, 6.07) is -0.224. The van der Waals surface area contributed by atoms with Crippen molar-refractivity contribution in [2.75, 3.05) is 6.61 Å². The molecule has 0 aliphatic carbocycles. The van der Waals surface area contributed by atoms with Crippen molar-refractivity contribution >= 4 is 12.0 Å².